The van der Waals surface area contributed by atoms with Crippen LogP contribution in [0.4, 0.5) is 5.69 Å². The molecule has 1 unspecified atom stereocenters. The number of nitrogens with one attached hydrogen (secondary N) is 1. The van der Waals surface area contributed by atoms with Gasteiger partial charge in [-0.25, -0.2) is 0 Å². The molecule has 0 radical (unpaired) electrons. The van der Waals surface area contributed by atoms with Crippen molar-refractivity contribution in [3.63, 3.8) is 0 Å². The van der Waals surface area contributed by atoms with Crippen LogP contribution in [-0.2, 0) is 11.3 Å². The van der Waals surface area contributed by atoms with Crippen LogP contribution in [0.1, 0.15) is 25.8 Å². The van der Waals surface area contributed by atoms with Gasteiger partial charge in [-0.2, -0.15) is 0 Å². The maximum Gasteiger partial charge on any atom is 0.0637 e. The first kappa shape index (κ1) is 14.4. The highest BCUT2D eigenvalue weighted by atomic mass is 16.5. The van der Waals surface area contributed by atoms with Gasteiger partial charge < -0.3 is 15.0 Å². The first-order valence-electron chi connectivity index (χ1n) is 7.26. The number of para-hydroxylation sites is 1. The molecule has 1 N–H and O–H groups in total. The van der Waals surface area contributed by atoms with Crippen molar-refractivity contribution in [2.24, 2.45) is 5.92 Å². The molecule has 1 aromatic rings. The van der Waals surface area contributed by atoms with E-state index in [-0.39, 0.29) is 0 Å². The first-order valence-corrected chi connectivity index (χ1v) is 7.26. The normalized spacial score (nSPS) is 19.4. The van der Waals surface area contributed by atoms with E-state index in [9.17, 15) is 0 Å². The Morgan fingerprint density at radius 1 is 1.37 bits per heavy atom. The van der Waals surface area contributed by atoms with E-state index in [1.54, 1.807) is 7.11 Å². The molecule has 1 heterocycles. The number of nitrogens with zero attached hydrogens (tertiary/aromatic N) is 1. The number of benzene rings is 1. The van der Waals surface area contributed by atoms with Crippen molar-refractivity contribution < 1.29 is 4.74 Å². The van der Waals surface area contributed by atoms with Crippen molar-refractivity contribution >= 4 is 5.69 Å². The van der Waals surface area contributed by atoms with E-state index in [0.717, 1.165) is 32.2 Å². The summed E-state index contributed by atoms with van der Waals surface area (Å²) in [6.45, 7) is 8.36. The average molecular weight is 262 g/mol. The van der Waals surface area contributed by atoms with Gasteiger partial charge in [0, 0.05) is 38.5 Å². The molecule has 106 valence electrons. The standard InChI is InChI=1S/C16H26N2O/c1-13(2)10-15-12-18(8-9-19-3)16-7-5-4-6-14(16)11-17-15/h4-7,13,15,17H,8-12H2,1-3H3. The molecule has 2 rings (SSSR count). The van der Waals surface area contributed by atoms with Gasteiger partial charge in [0.25, 0.3) is 0 Å². The third-order valence-corrected chi connectivity index (χ3v) is 3.68. The molecule has 1 aliphatic heterocycles. The van der Waals surface area contributed by atoms with Gasteiger partial charge >= 0.3 is 0 Å². The molecule has 1 atom stereocenters. The summed E-state index contributed by atoms with van der Waals surface area (Å²) in [5.74, 6) is 0.725. The fourth-order valence-electron chi connectivity index (χ4n) is 2.79. The van der Waals surface area contributed by atoms with Crippen LogP contribution >= 0.6 is 0 Å². The summed E-state index contributed by atoms with van der Waals surface area (Å²) in [6, 6.07) is 9.26. The Bertz CT molecular complexity index is 392. The van der Waals surface area contributed by atoms with E-state index in [1.165, 1.54) is 17.7 Å². The summed E-state index contributed by atoms with van der Waals surface area (Å²) in [5, 5.41) is 3.69. The lowest BCUT2D eigenvalue weighted by atomic mass is 10.0. The van der Waals surface area contributed by atoms with Gasteiger partial charge in [0.2, 0.25) is 0 Å². The van der Waals surface area contributed by atoms with Crippen molar-refractivity contribution in [2.45, 2.75) is 32.9 Å². The number of ether oxygens (including phenoxy) is 1. The summed E-state index contributed by atoms with van der Waals surface area (Å²) in [5.41, 5.74) is 2.75. The smallest absolute Gasteiger partial charge is 0.0637 e. The maximum absolute atomic E-state index is 5.25. The van der Waals surface area contributed by atoms with Crippen LogP contribution in [0.15, 0.2) is 24.3 Å². The Balaban J connectivity index is 2.14. The van der Waals surface area contributed by atoms with Gasteiger partial charge in [0.1, 0.15) is 0 Å². The molecule has 3 heteroatoms. The molecule has 0 bridgehead atoms. The Morgan fingerprint density at radius 3 is 2.89 bits per heavy atom. The van der Waals surface area contributed by atoms with E-state index >= 15 is 0 Å². The summed E-state index contributed by atoms with van der Waals surface area (Å²) < 4.78 is 5.25. The maximum atomic E-state index is 5.25. The zero-order chi connectivity index (χ0) is 13.7. The van der Waals surface area contributed by atoms with Crippen LogP contribution in [0.25, 0.3) is 0 Å². The number of methoxy groups -OCH3 is 1. The van der Waals surface area contributed by atoms with Gasteiger partial charge in [-0.1, -0.05) is 32.0 Å². The van der Waals surface area contributed by atoms with E-state index in [1.807, 2.05) is 0 Å². The third-order valence-electron chi connectivity index (χ3n) is 3.68. The van der Waals surface area contributed by atoms with Crippen LogP contribution in [-0.4, -0.2) is 32.8 Å². The zero-order valence-electron chi connectivity index (χ0n) is 12.4. The predicted molar refractivity (Wildman–Crippen MR) is 80.6 cm³/mol. The number of anilines is 1. The second-order valence-corrected chi connectivity index (χ2v) is 5.77. The van der Waals surface area contributed by atoms with Crippen molar-refractivity contribution in [3.8, 4) is 0 Å². The predicted octanol–water partition coefficient (Wildman–Crippen LogP) is 2.66. The largest absolute Gasteiger partial charge is 0.383 e. The number of hydrogen-bond donors (Lipinski definition) is 1. The lowest BCUT2D eigenvalue weighted by molar-refractivity contribution is 0.204. The fourth-order valence-corrected chi connectivity index (χ4v) is 2.79. The highest BCUT2D eigenvalue weighted by Crippen LogP contribution is 2.24. The minimum absolute atomic E-state index is 0.559. The molecule has 1 aliphatic rings. The quantitative estimate of drug-likeness (QED) is 0.883. The van der Waals surface area contributed by atoms with Crippen molar-refractivity contribution in [2.75, 3.05) is 31.7 Å². The van der Waals surface area contributed by atoms with Crippen molar-refractivity contribution in [1.82, 2.24) is 5.32 Å². The lowest BCUT2D eigenvalue weighted by Gasteiger charge is -2.28. The molecular weight excluding hydrogens is 236 g/mol. The van der Waals surface area contributed by atoms with Crippen LogP contribution in [0, 0.1) is 5.92 Å². The topological polar surface area (TPSA) is 24.5 Å². The van der Waals surface area contributed by atoms with E-state index < -0.39 is 0 Å². The summed E-state index contributed by atoms with van der Waals surface area (Å²) in [6.07, 6.45) is 1.22. The molecule has 0 saturated carbocycles. The minimum Gasteiger partial charge on any atom is -0.383 e. The molecule has 1 aromatic carbocycles. The Morgan fingerprint density at radius 2 is 2.16 bits per heavy atom. The van der Waals surface area contributed by atoms with Crippen LogP contribution in [0.3, 0.4) is 0 Å². The number of hydrogen-bond acceptors (Lipinski definition) is 3. The molecule has 0 aliphatic carbocycles. The second-order valence-electron chi connectivity index (χ2n) is 5.77. The number of fused-ring (bicyclic) bond motifs is 1. The Hall–Kier alpha value is -1.06. The van der Waals surface area contributed by atoms with Crippen LogP contribution < -0.4 is 10.2 Å². The molecule has 0 aromatic heterocycles. The summed E-state index contributed by atoms with van der Waals surface area (Å²) in [4.78, 5) is 2.46. The fraction of sp³-hybridized carbons (Fsp3) is 0.625. The van der Waals surface area contributed by atoms with E-state index in [2.05, 4.69) is 48.3 Å². The highest BCUT2D eigenvalue weighted by Gasteiger charge is 2.21. The van der Waals surface area contributed by atoms with E-state index in [0.29, 0.717) is 6.04 Å². The Labute approximate surface area is 116 Å². The number of rotatable bonds is 5. The molecule has 0 amide bonds. The molecule has 0 fully saturated rings. The second kappa shape index (κ2) is 6.92. The van der Waals surface area contributed by atoms with Crippen molar-refractivity contribution in [1.29, 1.82) is 0 Å². The van der Waals surface area contributed by atoms with Gasteiger partial charge in [-0.15, -0.1) is 0 Å². The minimum atomic E-state index is 0.559. The third kappa shape index (κ3) is 3.95. The molecular formula is C16H26N2O. The van der Waals surface area contributed by atoms with Crippen LogP contribution in [0.5, 0.6) is 0 Å². The first-order chi connectivity index (χ1) is 9.20. The monoisotopic (exact) mass is 262 g/mol. The van der Waals surface area contributed by atoms with Crippen molar-refractivity contribution in [3.05, 3.63) is 29.8 Å². The highest BCUT2D eigenvalue weighted by molar-refractivity contribution is 5.54. The lowest BCUT2D eigenvalue weighted by Crippen LogP contribution is -2.40. The summed E-state index contributed by atoms with van der Waals surface area (Å²) in [7, 11) is 1.77. The van der Waals surface area contributed by atoms with Gasteiger partial charge in [-0.05, 0) is 24.0 Å². The van der Waals surface area contributed by atoms with E-state index in [4.69, 9.17) is 4.74 Å². The summed E-state index contributed by atoms with van der Waals surface area (Å²) >= 11 is 0. The van der Waals surface area contributed by atoms with Gasteiger partial charge in [0.15, 0.2) is 0 Å². The molecule has 19 heavy (non-hydrogen) atoms. The molecule has 0 spiro atoms. The zero-order valence-corrected chi connectivity index (χ0v) is 12.4. The average Bonchev–Trinajstić information content (AvgIpc) is 2.56. The van der Waals surface area contributed by atoms with Crippen LogP contribution in [0.2, 0.25) is 0 Å². The van der Waals surface area contributed by atoms with Gasteiger partial charge in [0.05, 0.1) is 6.61 Å². The SMILES string of the molecule is COCCN1CC(CC(C)C)NCc2ccccc21. The molecule has 0 saturated heterocycles. The molecule has 3 nitrogen and oxygen atoms in total. The van der Waals surface area contributed by atoms with Gasteiger partial charge in [-0.3, -0.25) is 0 Å². The Kier molecular flexibility index (Phi) is 5.23.